The molecule has 1 aromatic rings. The van der Waals surface area contributed by atoms with Gasteiger partial charge in [-0.2, -0.15) is 13.2 Å². The third-order valence-corrected chi connectivity index (χ3v) is 4.52. The van der Waals surface area contributed by atoms with Gasteiger partial charge in [-0.25, -0.2) is 0 Å². The maximum absolute atomic E-state index is 12.8. The first kappa shape index (κ1) is 15.1. The molecule has 118 valence electrons. The van der Waals surface area contributed by atoms with Gasteiger partial charge >= 0.3 is 6.18 Å². The number of rotatable bonds is 1. The number of carbonyl (C=O) groups is 1. The molecule has 2 heterocycles. The highest BCUT2D eigenvalue weighted by Gasteiger charge is 2.44. The van der Waals surface area contributed by atoms with Crippen LogP contribution < -0.4 is 0 Å². The predicted octanol–water partition coefficient (Wildman–Crippen LogP) is 3.43. The Labute approximate surface area is 125 Å². The minimum atomic E-state index is -4.90. The summed E-state index contributed by atoms with van der Waals surface area (Å²) in [6.45, 7) is 3.91. The van der Waals surface area contributed by atoms with Gasteiger partial charge < -0.3 is 9.67 Å². The van der Waals surface area contributed by atoms with Crippen molar-refractivity contribution in [2.75, 3.05) is 0 Å². The molecule has 0 saturated heterocycles. The molecule has 2 aliphatic rings. The molecule has 0 amide bonds. The van der Waals surface area contributed by atoms with Crippen LogP contribution in [0.25, 0.3) is 5.57 Å². The third-order valence-electron chi connectivity index (χ3n) is 4.52. The highest BCUT2D eigenvalue weighted by molar-refractivity contribution is 6.00. The first-order valence-electron chi connectivity index (χ1n) is 7.28. The fraction of sp³-hybridized carbons (Fsp3) is 0.500. The molecule has 1 aliphatic carbocycles. The highest BCUT2D eigenvalue weighted by Crippen LogP contribution is 2.44. The van der Waals surface area contributed by atoms with Gasteiger partial charge in [-0.05, 0) is 25.3 Å². The molecular formula is C16H16F3NO2. The van der Waals surface area contributed by atoms with Gasteiger partial charge in [0.05, 0.1) is 11.8 Å². The zero-order valence-electron chi connectivity index (χ0n) is 11.9. The average molecular weight is 311 g/mol. The van der Waals surface area contributed by atoms with E-state index in [1.165, 1.54) is 10.6 Å². The summed E-state index contributed by atoms with van der Waals surface area (Å²) < 4.78 is 40.0. The molecule has 1 aromatic heterocycles. The van der Waals surface area contributed by atoms with Gasteiger partial charge in [-0.3, -0.25) is 4.79 Å². The molecule has 3 nitrogen and oxygen atoms in total. The Hall–Kier alpha value is -1.78. The van der Waals surface area contributed by atoms with Crippen molar-refractivity contribution in [1.82, 2.24) is 4.57 Å². The molecule has 6 heteroatoms. The summed E-state index contributed by atoms with van der Waals surface area (Å²) in [7, 11) is 0. The van der Waals surface area contributed by atoms with Crippen LogP contribution in [0.5, 0.6) is 0 Å². The molecule has 1 N–H and O–H groups in total. The number of Topliss-reactive ketones (excluding diaryl/α,β-unsaturated/α-hetero) is 1. The van der Waals surface area contributed by atoms with Crippen LogP contribution in [0.1, 0.15) is 53.3 Å². The number of hydrogen-bond acceptors (Lipinski definition) is 2. The van der Waals surface area contributed by atoms with Gasteiger partial charge in [0.25, 0.3) is 5.78 Å². The van der Waals surface area contributed by atoms with Crippen LogP contribution in [0.4, 0.5) is 13.2 Å². The summed E-state index contributed by atoms with van der Waals surface area (Å²) in [6, 6.07) is 1.25. The molecule has 0 aromatic carbocycles. The van der Waals surface area contributed by atoms with E-state index in [1.54, 1.807) is 0 Å². The van der Waals surface area contributed by atoms with E-state index in [0.717, 1.165) is 25.0 Å². The molecule has 0 spiro atoms. The smallest absolute Gasteiger partial charge is 0.388 e. The highest BCUT2D eigenvalue weighted by atomic mass is 19.4. The number of alkyl halides is 3. The van der Waals surface area contributed by atoms with Crippen molar-refractivity contribution >= 4 is 11.4 Å². The Balaban J connectivity index is 2.23. The third kappa shape index (κ3) is 2.23. The van der Waals surface area contributed by atoms with Crippen molar-refractivity contribution in [3.8, 4) is 0 Å². The SMILES string of the molecule is C=C=C1c2cc(C(=O)C(F)(F)F)n3c2[C@H](CCCC3)C[C@@H]1O. The van der Waals surface area contributed by atoms with E-state index in [0.29, 0.717) is 24.1 Å². The topological polar surface area (TPSA) is 42.2 Å². The van der Waals surface area contributed by atoms with E-state index in [4.69, 9.17) is 0 Å². The predicted molar refractivity (Wildman–Crippen MR) is 74.6 cm³/mol. The van der Waals surface area contributed by atoms with Crippen LogP contribution in [-0.4, -0.2) is 27.7 Å². The summed E-state index contributed by atoms with van der Waals surface area (Å²) in [5.74, 6) is -1.86. The molecule has 0 saturated carbocycles. The van der Waals surface area contributed by atoms with Crippen molar-refractivity contribution in [2.45, 2.75) is 50.4 Å². The van der Waals surface area contributed by atoms with Crippen molar-refractivity contribution in [2.24, 2.45) is 0 Å². The van der Waals surface area contributed by atoms with E-state index in [2.05, 4.69) is 12.3 Å². The Kier molecular flexibility index (Phi) is 3.54. The first-order chi connectivity index (χ1) is 10.3. The van der Waals surface area contributed by atoms with Gasteiger partial charge in [0.1, 0.15) is 0 Å². The summed E-state index contributed by atoms with van der Waals surface area (Å²) in [4.78, 5) is 11.7. The van der Waals surface area contributed by atoms with Crippen molar-refractivity contribution in [3.63, 3.8) is 0 Å². The van der Waals surface area contributed by atoms with E-state index < -0.39 is 18.1 Å². The minimum absolute atomic E-state index is 0.0283. The molecule has 2 atom stereocenters. The van der Waals surface area contributed by atoms with E-state index >= 15 is 0 Å². The summed E-state index contributed by atoms with van der Waals surface area (Å²) in [5, 5.41) is 10.2. The monoisotopic (exact) mass is 311 g/mol. The lowest BCUT2D eigenvalue weighted by atomic mass is 9.81. The summed E-state index contributed by atoms with van der Waals surface area (Å²) in [6.07, 6.45) is -2.87. The minimum Gasteiger partial charge on any atom is -0.388 e. The lowest BCUT2D eigenvalue weighted by molar-refractivity contribution is -0.0890. The van der Waals surface area contributed by atoms with Gasteiger partial charge in [-0.15, -0.1) is 5.73 Å². The second kappa shape index (κ2) is 5.14. The van der Waals surface area contributed by atoms with Crippen LogP contribution in [0, 0.1) is 0 Å². The molecule has 0 bridgehead atoms. The molecule has 0 unspecified atom stereocenters. The Morgan fingerprint density at radius 3 is 2.77 bits per heavy atom. The van der Waals surface area contributed by atoms with E-state index in [-0.39, 0.29) is 11.6 Å². The lowest BCUT2D eigenvalue weighted by Crippen LogP contribution is -2.26. The number of nitrogens with zero attached hydrogens (tertiary/aromatic N) is 1. The number of hydrogen-bond donors (Lipinski definition) is 1. The Morgan fingerprint density at radius 1 is 1.41 bits per heavy atom. The van der Waals surface area contributed by atoms with Crippen LogP contribution in [0.3, 0.4) is 0 Å². The van der Waals surface area contributed by atoms with Crippen LogP contribution in [0.2, 0.25) is 0 Å². The quantitative estimate of drug-likeness (QED) is 0.638. The van der Waals surface area contributed by atoms with Gasteiger partial charge in [0.15, 0.2) is 0 Å². The first-order valence-corrected chi connectivity index (χ1v) is 7.28. The zero-order chi connectivity index (χ0) is 16.1. The van der Waals surface area contributed by atoms with Gasteiger partial charge in [0.2, 0.25) is 0 Å². The number of aromatic nitrogens is 1. The summed E-state index contributed by atoms with van der Waals surface area (Å²) >= 11 is 0. The Morgan fingerprint density at radius 2 is 2.14 bits per heavy atom. The zero-order valence-corrected chi connectivity index (χ0v) is 11.9. The normalized spacial score (nSPS) is 24.5. The lowest BCUT2D eigenvalue weighted by Gasteiger charge is -2.28. The second-order valence-corrected chi connectivity index (χ2v) is 5.84. The van der Waals surface area contributed by atoms with Crippen LogP contribution in [0.15, 0.2) is 18.4 Å². The molecule has 0 radical (unpaired) electrons. The van der Waals surface area contributed by atoms with Gasteiger partial charge in [0, 0.05) is 29.3 Å². The average Bonchev–Trinajstić information content (AvgIpc) is 2.67. The number of carbonyl (C=O) groups excluding carboxylic acids is 1. The van der Waals surface area contributed by atoms with E-state index in [9.17, 15) is 23.1 Å². The molecule has 1 aliphatic heterocycles. The number of aliphatic hydroxyl groups is 1. The molecule has 22 heavy (non-hydrogen) atoms. The largest absolute Gasteiger partial charge is 0.456 e. The van der Waals surface area contributed by atoms with Crippen molar-refractivity contribution in [1.29, 1.82) is 0 Å². The number of ketones is 1. The van der Waals surface area contributed by atoms with Crippen LogP contribution >= 0.6 is 0 Å². The van der Waals surface area contributed by atoms with Crippen LogP contribution in [-0.2, 0) is 6.54 Å². The fourth-order valence-corrected chi connectivity index (χ4v) is 3.60. The standard InChI is InChI=1S/C16H16F3NO2/c1-2-10-11-8-12(15(22)16(17,18)19)20-6-4-3-5-9(14(11)20)7-13(10)21/h8-9,13,21H,1,3-7H2/t9-,13+/m1/s1. The van der Waals surface area contributed by atoms with Crippen molar-refractivity contribution in [3.05, 3.63) is 35.3 Å². The number of halogens is 3. The second-order valence-electron chi connectivity index (χ2n) is 5.84. The van der Waals surface area contributed by atoms with Crippen molar-refractivity contribution < 1.29 is 23.1 Å². The maximum Gasteiger partial charge on any atom is 0.456 e. The molecule has 3 rings (SSSR count). The fourth-order valence-electron chi connectivity index (χ4n) is 3.60. The van der Waals surface area contributed by atoms with Gasteiger partial charge in [-0.1, -0.05) is 13.0 Å². The molecular weight excluding hydrogens is 295 g/mol. The van der Waals surface area contributed by atoms with E-state index in [1.807, 2.05) is 0 Å². The molecule has 0 fully saturated rings. The maximum atomic E-state index is 12.8. The number of aliphatic hydroxyl groups excluding tert-OH is 1. The Bertz CT molecular complexity index is 680. The summed E-state index contributed by atoms with van der Waals surface area (Å²) in [5.41, 5.74) is 3.90.